The summed E-state index contributed by atoms with van der Waals surface area (Å²) in [7, 11) is 1.61. The van der Waals surface area contributed by atoms with E-state index < -0.39 is 0 Å². The van der Waals surface area contributed by atoms with Crippen LogP contribution in [-0.4, -0.2) is 37.0 Å². The van der Waals surface area contributed by atoms with Gasteiger partial charge >= 0.3 is 0 Å². The highest BCUT2D eigenvalue weighted by atomic mass is 35.5. The van der Waals surface area contributed by atoms with E-state index in [-0.39, 0.29) is 24.4 Å². The molecule has 0 radical (unpaired) electrons. The number of carbonyl (C=O) groups excluding carboxylic acids is 1. The second-order valence-corrected chi connectivity index (χ2v) is 5.15. The highest BCUT2D eigenvalue weighted by Crippen LogP contribution is 2.25. The monoisotopic (exact) mass is 298 g/mol. The summed E-state index contributed by atoms with van der Waals surface area (Å²) in [4.78, 5) is 14.5. The number of nitrogens with two attached hydrogens (primary N) is 1. The van der Waals surface area contributed by atoms with Crippen LogP contribution in [0.25, 0.3) is 0 Å². The van der Waals surface area contributed by atoms with Gasteiger partial charge in [0, 0.05) is 24.7 Å². The molecule has 1 saturated heterocycles. The fourth-order valence-electron chi connectivity index (χ4n) is 2.78. The zero-order valence-corrected chi connectivity index (χ0v) is 12.9. The minimum Gasteiger partial charge on any atom is -0.497 e. The molecule has 0 saturated carbocycles. The Morgan fingerprint density at radius 1 is 1.50 bits per heavy atom. The Morgan fingerprint density at radius 3 is 2.90 bits per heavy atom. The third kappa shape index (κ3) is 3.44. The third-order valence-corrected chi connectivity index (χ3v) is 3.93. The first-order valence-corrected chi connectivity index (χ1v) is 6.82. The summed E-state index contributed by atoms with van der Waals surface area (Å²) in [5, 5.41) is 0. The van der Waals surface area contributed by atoms with E-state index in [4.69, 9.17) is 10.5 Å². The van der Waals surface area contributed by atoms with Crippen LogP contribution >= 0.6 is 12.4 Å². The Morgan fingerprint density at radius 2 is 2.25 bits per heavy atom. The van der Waals surface area contributed by atoms with E-state index in [1.54, 1.807) is 13.2 Å². The SMILES string of the molecule is COc1cccc(C(=O)N2CCCC(C)C2CN)c1.Cl. The first-order chi connectivity index (χ1) is 9.17. The van der Waals surface area contributed by atoms with Crippen molar-refractivity contribution >= 4 is 18.3 Å². The number of hydrogen-bond donors (Lipinski definition) is 1. The maximum atomic E-state index is 12.6. The molecule has 1 aromatic rings. The van der Waals surface area contributed by atoms with Crippen molar-refractivity contribution in [1.82, 2.24) is 4.90 Å². The van der Waals surface area contributed by atoms with E-state index in [1.807, 2.05) is 23.1 Å². The number of amides is 1. The first-order valence-electron chi connectivity index (χ1n) is 6.82. The van der Waals surface area contributed by atoms with Gasteiger partial charge in [0.2, 0.25) is 0 Å². The van der Waals surface area contributed by atoms with Gasteiger partial charge in [-0.15, -0.1) is 12.4 Å². The summed E-state index contributed by atoms with van der Waals surface area (Å²) in [6.07, 6.45) is 2.19. The van der Waals surface area contributed by atoms with Crippen molar-refractivity contribution in [2.75, 3.05) is 20.2 Å². The number of benzene rings is 1. The molecule has 2 N–H and O–H groups in total. The molecule has 20 heavy (non-hydrogen) atoms. The minimum atomic E-state index is 0. The summed E-state index contributed by atoms with van der Waals surface area (Å²) in [6, 6.07) is 7.45. The summed E-state index contributed by atoms with van der Waals surface area (Å²) in [5.74, 6) is 1.23. The van der Waals surface area contributed by atoms with Crippen molar-refractivity contribution in [3.8, 4) is 5.75 Å². The Hall–Kier alpha value is -1.26. The van der Waals surface area contributed by atoms with E-state index in [2.05, 4.69) is 6.92 Å². The second-order valence-electron chi connectivity index (χ2n) is 5.15. The molecular formula is C15H23ClN2O2. The van der Waals surface area contributed by atoms with Gasteiger partial charge < -0.3 is 15.4 Å². The van der Waals surface area contributed by atoms with Crippen LogP contribution in [0.2, 0.25) is 0 Å². The number of likely N-dealkylation sites (tertiary alicyclic amines) is 1. The fraction of sp³-hybridized carbons (Fsp3) is 0.533. The van der Waals surface area contributed by atoms with Crippen LogP contribution in [-0.2, 0) is 0 Å². The number of nitrogens with zero attached hydrogens (tertiary/aromatic N) is 1. The van der Waals surface area contributed by atoms with Crippen molar-refractivity contribution in [2.24, 2.45) is 11.7 Å². The highest BCUT2D eigenvalue weighted by molar-refractivity contribution is 5.95. The predicted molar refractivity (Wildman–Crippen MR) is 82.5 cm³/mol. The number of piperidine rings is 1. The molecule has 0 spiro atoms. The average Bonchev–Trinajstić information content (AvgIpc) is 2.46. The van der Waals surface area contributed by atoms with Crippen LogP contribution in [0.3, 0.4) is 0 Å². The van der Waals surface area contributed by atoms with Crippen molar-refractivity contribution in [1.29, 1.82) is 0 Å². The maximum absolute atomic E-state index is 12.6. The van der Waals surface area contributed by atoms with Gasteiger partial charge in [-0.25, -0.2) is 0 Å². The van der Waals surface area contributed by atoms with Gasteiger partial charge in [-0.1, -0.05) is 13.0 Å². The van der Waals surface area contributed by atoms with E-state index in [0.29, 0.717) is 23.8 Å². The smallest absolute Gasteiger partial charge is 0.254 e. The van der Waals surface area contributed by atoms with Crippen LogP contribution in [0.15, 0.2) is 24.3 Å². The van der Waals surface area contributed by atoms with Gasteiger partial charge in [0.25, 0.3) is 5.91 Å². The van der Waals surface area contributed by atoms with Gasteiger partial charge in [-0.05, 0) is 37.0 Å². The summed E-state index contributed by atoms with van der Waals surface area (Å²) >= 11 is 0. The standard InChI is InChI=1S/C15H22N2O2.ClH/c1-11-5-4-8-17(14(11)10-16)15(18)12-6-3-7-13(9-12)19-2;/h3,6-7,9,11,14H,4-5,8,10,16H2,1-2H3;1H. The Kier molecular flexibility index (Phi) is 6.30. The molecule has 0 aliphatic carbocycles. The molecule has 5 heteroatoms. The molecule has 2 atom stereocenters. The zero-order valence-electron chi connectivity index (χ0n) is 12.0. The zero-order chi connectivity index (χ0) is 13.8. The van der Waals surface area contributed by atoms with Gasteiger partial charge in [0.05, 0.1) is 7.11 Å². The molecule has 2 rings (SSSR count). The maximum Gasteiger partial charge on any atom is 0.254 e. The van der Waals surface area contributed by atoms with Gasteiger partial charge in [0.15, 0.2) is 0 Å². The van der Waals surface area contributed by atoms with Crippen LogP contribution < -0.4 is 10.5 Å². The van der Waals surface area contributed by atoms with Crippen molar-refractivity contribution in [2.45, 2.75) is 25.8 Å². The normalized spacial score (nSPS) is 22.1. The molecule has 1 heterocycles. The third-order valence-electron chi connectivity index (χ3n) is 3.93. The van der Waals surface area contributed by atoms with Crippen molar-refractivity contribution in [3.63, 3.8) is 0 Å². The number of rotatable bonds is 3. The number of hydrogen-bond acceptors (Lipinski definition) is 3. The molecule has 1 aliphatic heterocycles. The van der Waals surface area contributed by atoms with Crippen molar-refractivity contribution < 1.29 is 9.53 Å². The first kappa shape index (κ1) is 16.8. The van der Waals surface area contributed by atoms with Gasteiger partial charge in [-0.2, -0.15) is 0 Å². The molecule has 2 unspecified atom stereocenters. The summed E-state index contributed by atoms with van der Waals surface area (Å²) < 4.78 is 5.17. The fourth-order valence-corrected chi connectivity index (χ4v) is 2.78. The summed E-state index contributed by atoms with van der Waals surface area (Å²) in [5.41, 5.74) is 6.51. The van der Waals surface area contributed by atoms with Crippen molar-refractivity contribution in [3.05, 3.63) is 29.8 Å². The lowest BCUT2D eigenvalue weighted by molar-refractivity contribution is 0.0532. The predicted octanol–water partition coefficient (Wildman–Crippen LogP) is 2.32. The lowest BCUT2D eigenvalue weighted by Crippen LogP contribution is -2.51. The van der Waals surface area contributed by atoms with E-state index >= 15 is 0 Å². The van der Waals surface area contributed by atoms with Gasteiger partial charge in [-0.3, -0.25) is 4.79 Å². The van der Waals surface area contributed by atoms with E-state index in [1.165, 1.54) is 0 Å². The quantitative estimate of drug-likeness (QED) is 0.932. The molecule has 1 aliphatic rings. The lowest BCUT2D eigenvalue weighted by Gasteiger charge is -2.39. The van der Waals surface area contributed by atoms with Gasteiger partial charge in [0.1, 0.15) is 5.75 Å². The Labute approximate surface area is 126 Å². The van der Waals surface area contributed by atoms with Crippen LogP contribution in [0.5, 0.6) is 5.75 Å². The number of ether oxygens (including phenoxy) is 1. The van der Waals surface area contributed by atoms with Crippen LogP contribution in [0.1, 0.15) is 30.1 Å². The highest BCUT2D eigenvalue weighted by Gasteiger charge is 2.31. The molecule has 112 valence electrons. The van der Waals surface area contributed by atoms with Crippen LogP contribution in [0, 0.1) is 5.92 Å². The lowest BCUT2D eigenvalue weighted by atomic mass is 9.90. The summed E-state index contributed by atoms with van der Waals surface area (Å²) in [6.45, 7) is 3.49. The molecule has 1 fully saturated rings. The number of methoxy groups -OCH3 is 1. The molecule has 1 amide bonds. The minimum absolute atomic E-state index is 0. The Balaban J connectivity index is 0.00000200. The van der Waals surface area contributed by atoms with E-state index in [0.717, 1.165) is 19.4 Å². The van der Waals surface area contributed by atoms with Crippen LogP contribution in [0.4, 0.5) is 0 Å². The molecular weight excluding hydrogens is 276 g/mol. The number of halogens is 1. The largest absolute Gasteiger partial charge is 0.497 e. The average molecular weight is 299 g/mol. The molecule has 0 bridgehead atoms. The Bertz CT molecular complexity index is 453. The molecule has 1 aromatic carbocycles. The second kappa shape index (κ2) is 7.50. The topological polar surface area (TPSA) is 55.6 Å². The molecule has 0 aromatic heterocycles. The molecule has 4 nitrogen and oxygen atoms in total. The number of carbonyl (C=O) groups is 1. The van der Waals surface area contributed by atoms with E-state index in [9.17, 15) is 4.79 Å².